The second kappa shape index (κ2) is 6.00. The first-order valence-electron chi connectivity index (χ1n) is 9.65. The van der Waals surface area contributed by atoms with Crippen LogP contribution >= 0.6 is 0 Å². The van der Waals surface area contributed by atoms with E-state index in [0.717, 1.165) is 46.1 Å². The summed E-state index contributed by atoms with van der Waals surface area (Å²) in [6.07, 6.45) is 7.60. The van der Waals surface area contributed by atoms with E-state index in [2.05, 4.69) is 60.7 Å². The monoisotopic (exact) mass is 362 g/mol. The Morgan fingerprint density at radius 2 is 1.21 bits per heavy atom. The molecule has 0 saturated heterocycles. The predicted octanol–water partition coefficient (Wildman–Crippen LogP) is 6.60. The second-order valence-corrected chi connectivity index (χ2v) is 7.23. The summed E-state index contributed by atoms with van der Waals surface area (Å²) in [4.78, 5) is 0. The highest BCUT2D eigenvalue weighted by molar-refractivity contribution is 6.05. The van der Waals surface area contributed by atoms with E-state index < -0.39 is 0 Å². The summed E-state index contributed by atoms with van der Waals surface area (Å²) in [7, 11) is 0. The van der Waals surface area contributed by atoms with Gasteiger partial charge in [-0.05, 0) is 36.3 Å². The second-order valence-electron chi connectivity index (χ2n) is 7.23. The van der Waals surface area contributed by atoms with Crippen molar-refractivity contribution >= 4 is 11.1 Å². The largest absolute Gasteiger partial charge is 0.460 e. The molecule has 134 valence electrons. The van der Waals surface area contributed by atoms with Gasteiger partial charge in [-0.15, -0.1) is 0 Å². The Balaban J connectivity index is 1.75. The van der Waals surface area contributed by atoms with Crippen molar-refractivity contribution in [1.82, 2.24) is 0 Å². The van der Waals surface area contributed by atoms with Gasteiger partial charge in [-0.2, -0.15) is 0 Å². The molecular weight excluding hydrogens is 344 g/mol. The Morgan fingerprint density at radius 3 is 1.89 bits per heavy atom. The molecule has 3 aliphatic rings. The van der Waals surface area contributed by atoms with Gasteiger partial charge in [0, 0.05) is 22.3 Å². The number of para-hydroxylation sites is 3. The Bertz CT molecular complexity index is 1150. The maximum absolute atomic E-state index is 6.28. The van der Waals surface area contributed by atoms with Gasteiger partial charge in [0.15, 0.2) is 0 Å². The molecular formula is C26H18O2. The van der Waals surface area contributed by atoms with Crippen molar-refractivity contribution in [2.75, 3.05) is 0 Å². The minimum atomic E-state index is 0.109. The molecule has 3 aromatic carbocycles. The highest BCUT2D eigenvalue weighted by atomic mass is 16.5. The third kappa shape index (κ3) is 2.21. The van der Waals surface area contributed by atoms with E-state index in [1.165, 1.54) is 11.1 Å². The van der Waals surface area contributed by atoms with E-state index in [0.29, 0.717) is 0 Å². The minimum Gasteiger partial charge on any atom is -0.460 e. The van der Waals surface area contributed by atoms with E-state index in [1.807, 2.05) is 30.3 Å². The van der Waals surface area contributed by atoms with Crippen molar-refractivity contribution in [1.29, 1.82) is 0 Å². The first-order valence-corrected chi connectivity index (χ1v) is 9.65. The number of allylic oxidation sites excluding steroid dienone is 3. The first-order chi connectivity index (χ1) is 13.9. The van der Waals surface area contributed by atoms with Crippen LogP contribution in [-0.2, 0) is 0 Å². The lowest BCUT2D eigenvalue weighted by Crippen LogP contribution is -2.20. The van der Waals surface area contributed by atoms with Gasteiger partial charge in [0.2, 0.25) is 0 Å². The van der Waals surface area contributed by atoms with Gasteiger partial charge in [-0.3, -0.25) is 0 Å². The van der Waals surface area contributed by atoms with Gasteiger partial charge in [0.25, 0.3) is 0 Å². The number of rotatable bonds is 0. The Kier molecular flexibility index (Phi) is 3.33. The van der Waals surface area contributed by atoms with E-state index in [1.54, 1.807) is 0 Å². The van der Waals surface area contributed by atoms with Gasteiger partial charge in [0.1, 0.15) is 23.0 Å². The maximum Gasteiger partial charge on any atom is 0.135 e. The van der Waals surface area contributed by atoms with Crippen LogP contribution in [0, 0.1) is 5.92 Å². The van der Waals surface area contributed by atoms with Crippen molar-refractivity contribution in [3.05, 3.63) is 113 Å². The third-order valence-electron chi connectivity index (χ3n) is 5.61. The molecule has 0 saturated carbocycles. The number of hydrogen-bond donors (Lipinski definition) is 0. The summed E-state index contributed by atoms with van der Waals surface area (Å²) in [5.41, 5.74) is 5.93. The number of ether oxygens (including phenoxy) is 2. The quantitative estimate of drug-likeness (QED) is 0.328. The van der Waals surface area contributed by atoms with E-state index >= 15 is 0 Å². The van der Waals surface area contributed by atoms with Crippen molar-refractivity contribution in [2.45, 2.75) is 6.42 Å². The average Bonchev–Trinajstić information content (AvgIpc) is 2.76. The fourth-order valence-corrected chi connectivity index (χ4v) is 4.41. The molecule has 2 aliphatic heterocycles. The zero-order valence-electron chi connectivity index (χ0n) is 15.3. The van der Waals surface area contributed by atoms with Gasteiger partial charge in [0.05, 0.1) is 5.92 Å². The van der Waals surface area contributed by atoms with Gasteiger partial charge >= 0.3 is 0 Å². The highest BCUT2D eigenvalue weighted by Gasteiger charge is 2.34. The van der Waals surface area contributed by atoms with Crippen LogP contribution in [-0.4, -0.2) is 0 Å². The smallest absolute Gasteiger partial charge is 0.135 e. The van der Waals surface area contributed by atoms with Crippen molar-refractivity contribution < 1.29 is 9.47 Å². The SMILES string of the molecule is C1=CC2C(=CC1)Oc1ccccc1C2=C1c2ccccc2Oc2ccccc21. The zero-order valence-corrected chi connectivity index (χ0v) is 15.3. The van der Waals surface area contributed by atoms with Crippen LogP contribution in [0.3, 0.4) is 0 Å². The molecule has 0 radical (unpaired) electrons. The highest BCUT2D eigenvalue weighted by Crippen LogP contribution is 2.53. The normalized spacial score (nSPS) is 18.7. The summed E-state index contributed by atoms with van der Waals surface area (Å²) in [6.45, 7) is 0. The van der Waals surface area contributed by atoms with Crippen LogP contribution in [0.5, 0.6) is 17.2 Å². The van der Waals surface area contributed by atoms with E-state index in [4.69, 9.17) is 9.47 Å². The molecule has 0 aromatic heterocycles. The summed E-state index contributed by atoms with van der Waals surface area (Å²) in [5.74, 6) is 3.85. The topological polar surface area (TPSA) is 18.5 Å². The maximum atomic E-state index is 6.28. The van der Waals surface area contributed by atoms with Crippen LogP contribution in [0.4, 0.5) is 0 Å². The molecule has 0 amide bonds. The fourth-order valence-electron chi connectivity index (χ4n) is 4.41. The molecule has 0 N–H and O–H groups in total. The van der Waals surface area contributed by atoms with Crippen LogP contribution in [0.1, 0.15) is 23.1 Å². The predicted molar refractivity (Wildman–Crippen MR) is 111 cm³/mol. The lowest BCUT2D eigenvalue weighted by Gasteiger charge is -2.34. The molecule has 2 heteroatoms. The van der Waals surface area contributed by atoms with Crippen LogP contribution in [0.15, 0.2) is 96.8 Å². The minimum absolute atomic E-state index is 0.109. The molecule has 2 nitrogen and oxygen atoms in total. The molecule has 3 aromatic rings. The van der Waals surface area contributed by atoms with Gasteiger partial charge in [-0.1, -0.05) is 66.7 Å². The summed E-state index contributed by atoms with van der Waals surface area (Å²) < 4.78 is 12.5. The van der Waals surface area contributed by atoms with E-state index in [-0.39, 0.29) is 5.92 Å². The lowest BCUT2D eigenvalue weighted by atomic mass is 9.78. The molecule has 1 unspecified atom stereocenters. The number of fused-ring (bicyclic) bond motifs is 4. The zero-order chi connectivity index (χ0) is 18.5. The first kappa shape index (κ1) is 15.5. The Morgan fingerprint density at radius 1 is 0.643 bits per heavy atom. The molecule has 0 bridgehead atoms. The van der Waals surface area contributed by atoms with Gasteiger partial charge in [-0.25, -0.2) is 0 Å². The molecule has 2 heterocycles. The van der Waals surface area contributed by atoms with Crippen LogP contribution < -0.4 is 9.47 Å². The number of hydrogen-bond acceptors (Lipinski definition) is 2. The standard InChI is InChI=1S/C26H18O2/c1-5-13-21-17(9-1)25(18-10-2-6-14-22(18)27-21)26-19-11-3-7-15-23(19)28-24-16-8-4-12-20(24)26/h1-7,9-16,20H,8H2. The van der Waals surface area contributed by atoms with Gasteiger partial charge < -0.3 is 9.47 Å². The summed E-state index contributed by atoms with van der Waals surface area (Å²) in [6, 6.07) is 25.0. The Labute approximate surface area is 164 Å². The molecule has 0 fully saturated rings. The molecule has 1 atom stereocenters. The van der Waals surface area contributed by atoms with Crippen molar-refractivity contribution in [3.63, 3.8) is 0 Å². The van der Waals surface area contributed by atoms with Crippen LogP contribution in [0.25, 0.3) is 11.1 Å². The molecule has 28 heavy (non-hydrogen) atoms. The summed E-state index contributed by atoms with van der Waals surface area (Å²) in [5, 5.41) is 0. The Hall–Kier alpha value is -3.52. The average molecular weight is 362 g/mol. The molecule has 6 rings (SSSR count). The molecule has 0 spiro atoms. The third-order valence-corrected chi connectivity index (χ3v) is 5.61. The van der Waals surface area contributed by atoms with Crippen molar-refractivity contribution in [2.24, 2.45) is 5.92 Å². The number of benzene rings is 3. The van der Waals surface area contributed by atoms with E-state index in [9.17, 15) is 0 Å². The lowest BCUT2D eigenvalue weighted by molar-refractivity contribution is 0.378. The van der Waals surface area contributed by atoms with Crippen LogP contribution in [0.2, 0.25) is 0 Å². The fraction of sp³-hybridized carbons (Fsp3) is 0.0769. The summed E-state index contributed by atoms with van der Waals surface area (Å²) >= 11 is 0. The molecule has 1 aliphatic carbocycles. The van der Waals surface area contributed by atoms with Crippen molar-refractivity contribution in [3.8, 4) is 17.2 Å².